The van der Waals surface area contributed by atoms with Crippen LogP contribution in [0.3, 0.4) is 0 Å². The van der Waals surface area contributed by atoms with Gasteiger partial charge < -0.3 is 20.5 Å². The standard InChI is InChI=1S/C20H23FN2O3/c1-26-18-7-5-13(9-15(18)12-24)11-22-17-6-8-19(25)23-20(17)14-3-2-4-16(21)10-14/h2-5,7,9-10,17,20,22,24H,6,8,11-12H2,1H3,(H,23,25)/t17-,20+/m1/s1. The van der Waals surface area contributed by atoms with Crippen molar-refractivity contribution in [3.63, 3.8) is 0 Å². The SMILES string of the molecule is COc1ccc(CN[C@@H]2CCC(=O)N[C@H]2c2cccc(F)c2)cc1CO. The van der Waals surface area contributed by atoms with Gasteiger partial charge in [-0.25, -0.2) is 4.39 Å². The lowest BCUT2D eigenvalue weighted by Gasteiger charge is -2.33. The quantitative estimate of drug-likeness (QED) is 0.742. The second-order valence-corrected chi connectivity index (χ2v) is 6.43. The van der Waals surface area contributed by atoms with Crippen LogP contribution >= 0.6 is 0 Å². The smallest absolute Gasteiger partial charge is 0.220 e. The maximum Gasteiger partial charge on any atom is 0.220 e. The van der Waals surface area contributed by atoms with Crippen molar-refractivity contribution in [2.45, 2.75) is 38.1 Å². The number of halogens is 1. The average Bonchev–Trinajstić information content (AvgIpc) is 2.66. The molecule has 2 aromatic rings. The van der Waals surface area contributed by atoms with Gasteiger partial charge in [0.1, 0.15) is 11.6 Å². The van der Waals surface area contributed by atoms with Crippen LogP contribution in [0, 0.1) is 5.82 Å². The van der Waals surface area contributed by atoms with E-state index in [1.165, 1.54) is 12.1 Å². The van der Waals surface area contributed by atoms with Gasteiger partial charge in [0.25, 0.3) is 0 Å². The minimum absolute atomic E-state index is 0.00539. The van der Waals surface area contributed by atoms with Crippen molar-refractivity contribution in [3.05, 3.63) is 65.0 Å². The van der Waals surface area contributed by atoms with E-state index in [4.69, 9.17) is 4.74 Å². The molecule has 6 heteroatoms. The van der Waals surface area contributed by atoms with Gasteiger partial charge in [0.2, 0.25) is 5.91 Å². The lowest BCUT2D eigenvalue weighted by molar-refractivity contribution is -0.123. The van der Waals surface area contributed by atoms with Crippen LogP contribution in [0.4, 0.5) is 4.39 Å². The first-order valence-electron chi connectivity index (χ1n) is 8.65. The van der Waals surface area contributed by atoms with Crippen LogP contribution in [0.25, 0.3) is 0 Å². The Morgan fingerprint density at radius 3 is 2.88 bits per heavy atom. The third-order valence-corrected chi connectivity index (χ3v) is 4.69. The van der Waals surface area contributed by atoms with Gasteiger partial charge in [-0.05, 0) is 41.8 Å². The van der Waals surface area contributed by atoms with E-state index < -0.39 is 0 Å². The molecule has 0 aromatic heterocycles. The fraction of sp³-hybridized carbons (Fsp3) is 0.350. The number of aliphatic hydroxyl groups excluding tert-OH is 1. The van der Waals surface area contributed by atoms with Gasteiger partial charge in [0.05, 0.1) is 19.8 Å². The van der Waals surface area contributed by atoms with E-state index in [0.717, 1.165) is 16.7 Å². The van der Waals surface area contributed by atoms with Crippen LogP contribution in [-0.2, 0) is 17.9 Å². The molecule has 1 heterocycles. The first-order chi connectivity index (χ1) is 12.6. The molecule has 5 nitrogen and oxygen atoms in total. The molecule has 0 radical (unpaired) electrons. The minimum Gasteiger partial charge on any atom is -0.496 e. The molecule has 0 aliphatic carbocycles. The van der Waals surface area contributed by atoms with E-state index in [-0.39, 0.29) is 30.4 Å². The summed E-state index contributed by atoms with van der Waals surface area (Å²) in [6, 6.07) is 11.7. The zero-order chi connectivity index (χ0) is 18.5. The Morgan fingerprint density at radius 1 is 1.31 bits per heavy atom. The monoisotopic (exact) mass is 358 g/mol. The summed E-state index contributed by atoms with van der Waals surface area (Å²) >= 11 is 0. The number of benzene rings is 2. The summed E-state index contributed by atoms with van der Waals surface area (Å²) in [6.45, 7) is 0.478. The summed E-state index contributed by atoms with van der Waals surface area (Å²) in [5.74, 6) is 0.312. The van der Waals surface area contributed by atoms with Crippen LogP contribution in [0.1, 0.15) is 35.6 Å². The van der Waals surface area contributed by atoms with Crippen LogP contribution in [0.15, 0.2) is 42.5 Å². The number of piperidine rings is 1. The highest BCUT2D eigenvalue weighted by Crippen LogP contribution is 2.26. The summed E-state index contributed by atoms with van der Waals surface area (Å²) in [5, 5.41) is 15.9. The van der Waals surface area contributed by atoms with Crippen LogP contribution in [0.5, 0.6) is 5.75 Å². The molecule has 2 atom stereocenters. The lowest BCUT2D eigenvalue weighted by Crippen LogP contribution is -2.48. The fourth-order valence-corrected chi connectivity index (χ4v) is 3.35. The molecule has 2 aromatic carbocycles. The van der Waals surface area contributed by atoms with Gasteiger partial charge >= 0.3 is 0 Å². The van der Waals surface area contributed by atoms with Gasteiger partial charge in [0, 0.05) is 24.6 Å². The molecular formula is C20H23FN2O3. The molecule has 1 fully saturated rings. The number of rotatable bonds is 6. The summed E-state index contributed by atoms with van der Waals surface area (Å²) in [6.07, 6.45) is 1.12. The van der Waals surface area contributed by atoms with Crippen molar-refractivity contribution in [2.75, 3.05) is 7.11 Å². The fourth-order valence-electron chi connectivity index (χ4n) is 3.35. The minimum atomic E-state index is -0.316. The van der Waals surface area contributed by atoms with E-state index in [2.05, 4.69) is 10.6 Å². The van der Waals surface area contributed by atoms with Crippen LogP contribution in [-0.4, -0.2) is 24.2 Å². The highest BCUT2D eigenvalue weighted by molar-refractivity contribution is 5.77. The summed E-state index contributed by atoms with van der Waals surface area (Å²) < 4.78 is 18.8. The van der Waals surface area contributed by atoms with Crippen molar-refractivity contribution >= 4 is 5.91 Å². The first-order valence-corrected chi connectivity index (χ1v) is 8.65. The molecule has 1 amide bonds. The van der Waals surface area contributed by atoms with Crippen molar-refractivity contribution in [3.8, 4) is 5.75 Å². The Balaban J connectivity index is 1.73. The number of nitrogens with one attached hydrogen (secondary N) is 2. The second-order valence-electron chi connectivity index (χ2n) is 6.43. The molecular weight excluding hydrogens is 335 g/mol. The van der Waals surface area contributed by atoms with Crippen molar-refractivity contribution in [1.29, 1.82) is 0 Å². The molecule has 3 rings (SSSR count). The van der Waals surface area contributed by atoms with E-state index in [1.54, 1.807) is 13.2 Å². The van der Waals surface area contributed by atoms with E-state index >= 15 is 0 Å². The highest BCUT2D eigenvalue weighted by atomic mass is 19.1. The number of hydrogen-bond donors (Lipinski definition) is 3. The Morgan fingerprint density at radius 2 is 2.15 bits per heavy atom. The van der Waals surface area contributed by atoms with Crippen molar-refractivity contribution < 1.29 is 19.0 Å². The number of carbonyl (C=O) groups excluding carboxylic acids is 1. The molecule has 0 bridgehead atoms. The topological polar surface area (TPSA) is 70.6 Å². The zero-order valence-electron chi connectivity index (χ0n) is 14.7. The van der Waals surface area contributed by atoms with Gasteiger partial charge in [-0.15, -0.1) is 0 Å². The molecule has 26 heavy (non-hydrogen) atoms. The van der Waals surface area contributed by atoms with Gasteiger partial charge in [-0.2, -0.15) is 0 Å². The number of hydrogen-bond acceptors (Lipinski definition) is 4. The maximum atomic E-state index is 13.6. The predicted octanol–water partition coefficient (Wildman–Crippen LogP) is 2.44. The Hall–Kier alpha value is -2.44. The third kappa shape index (κ3) is 4.20. The third-order valence-electron chi connectivity index (χ3n) is 4.69. The second kappa shape index (κ2) is 8.29. The highest BCUT2D eigenvalue weighted by Gasteiger charge is 2.29. The van der Waals surface area contributed by atoms with Gasteiger partial charge in [-0.3, -0.25) is 4.79 Å². The van der Waals surface area contributed by atoms with E-state index in [0.29, 0.717) is 25.1 Å². The molecule has 3 N–H and O–H groups in total. The van der Waals surface area contributed by atoms with Gasteiger partial charge in [-0.1, -0.05) is 18.2 Å². The lowest BCUT2D eigenvalue weighted by atomic mass is 9.91. The van der Waals surface area contributed by atoms with E-state index in [1.807, 2.05) is 24.3 Å². The van der Waals surface area contributed by atoms with Gasteiger partial charge in [0.15, 0.2) is 0 Å². The Bertz CT molecular complexity index is 781. The van der Waals surface area contributed by atoms with Crippen molar-refractivity contribution in [1.82, 2.24) is 10.6 Å². The number of methoxy groups -OCH3 is 1. The van der Waals surface area contributed by atoms with Crippen LogP contribution < -0.4 is 15.4 Å². The number of ether oxygens (including phenoxy) is 1. The molecule has 0 saturated carbocycles. The summed E-state index contributed by atoms with van der Waals surface area (Å²) in [7, 11) is 1.57. The first kappa shape index (κ1) is 18.4. The molecule has 1 saturated heterocycles. The zero-order valence-corrected chi connectivity index (χ0v) is 14.7. The Labute approximate surface area is 152 Å². The molecule has 0 spiro atoms. The number of carbonyl (C=O) groups is 1. The van der Waals surface area contributed by atoms with E-state index in [9.17, 15) is 14.3 Å². The molecule has 1 aliphatic heterocycles. The molecule has 138 valence electrons. The van der Waals surface area contributed by atoms with Crippen LogP contribution in [0.2, 0.25) is 0 Å². The van der Waals surface area contributed by atoms with Crippen molar-refractivity contribution in [2.24, 2.45) is 0 Å². The molecule has 1 aliphatic rings. The molecule has 0 unspecified atom stereocenters. The summed E-state index contributed by atoms with van der Waals surface area (Å²) in [5.41, 5.74) is 2.48. The maximum absolute atomic E-state index is 13.6. The average molecular weight is 358 g/mol. The largest absolute Gasteiger partial charge is 0.496 e. The summed E-state index contributed by atoms with van der Waals surface area (Å²) in [4.78, 5) is 11.8. The number of amides is 1. The Kier molecular flexibility index (Phi) is 5.85. The predicted molar refractivity (Wildman–Crippen MR) is 96.1 cm³/mol. The normalized spacial score (nSPS) is 19.9. The number of aliphatic hydroxyl groups is 1.